The molecule has 1 atom stereocenters. The van der Waals surface area contributed by atoms with Crippen molar-refractivity contribution < 1.29 is 4.79 Å². The summed E-state index contributed by atoms with van der Waals surface area (Å²) in [5, 5.41) is 0.643. The maximum atomic E-state index is 11.7. The third kappa shape index (κ3) is 3.72. The van der Waals surface area contributed by atoms with Crippen molar-refractivity contribution >= 4 is 35.7 Å². The molecule has 0 bridgehead atoms. The van der Waals surface area contributed by atoms with Crippen molar-refractivity contribution in [2.45, 2.75) is 13.0 Å². The smallest absolute Gasteiger partial charge is 0.239 e. The lowest BCUT2D eigenvalue weighted by atomic mass is 10.2. The van der Waals surface area contributed by atoms with Crippen LogP contribution in [0.1, 0.15) is 6.92 Å². The van der Waals surface area contributed by atoms with Gasteiger partial charge in [0.2, 0.25) is 5.91 Å². The number of piperazine rings is 1. The predicted molar refractivity (Wildman–Crippen MR) is 78.9 cm³/mol. The highest BCUT2D eigenvalue weighted by Gasteiger charge is 2.24. The van der Waals surface area contributed by atoms with Gasteiger partial charge in [-0.25, -0.2) is 4.98 Å². The summed E-state index contributed by atoms with van der Waals surface area (Å²) < 4.78 is 0. The van der Waals surface area contributed by atoms with Crippen LogP contribution in [0.25, 0.3) is 0 Å². The molecule has 0 aliphatic carbocycles. The highest BCUT2D eigenvalue weighted by Crippen LogP contribution is 2.23. The topological polar surface area (TPSA) is 62.5 Å². The van der Waals surface area contributed by atoms with Gasteiger partial charge in [-0.15, -0.1) is 12.4 Å². The Bertz CT molecular complexity index is 433. The van der Waals surface area contributed by atoms with Gasteiger partial charge >= 0.3 is 0 Å². The van der Waals surface area contributed by atoms with Crippen LogP contribution in [-0.4, -0.2) is 48.0 Å². The molecule has 0 radical (unpaired) electrons. The van der Waals surface area contributed by atoms with Gasteiger partial charge in [0.15, 0.2) is 0 Å². The average Bonchev–Trinajstić information content (AvgIpc) is 2.38. The number of carbonyl (C=O) groups excluding carboxylic acids is 1. The van der Waals surface area contributed by atoms with E-state index in [2.05, 4.69) is 9.88 Å². The summed E-state index contributed by atoms with van der Waals surface area (Å²) in [5.74, 6) is 0.786. The van der Waals surface area contributed by atoms with Crippen LogP contribution in [0.2, 0.25) is 5.02 Å². The second kappa shape index (κ2) is 6.93. The maximum absolute atomic E-state index is 11.7. The normalized spacial score (nSPS) is 16.8. The minimum absolute atomic E-state index is 0. The zero-order valence-corrected chi connectivity index (χ0v) is 12.3. The molecular weight excluding hydrogens is 287 g/mol. The van der Waals surface area contributed by atoms with E-state index in [4.69, 9.17) is 17.3 Å². The zero-order chi connectivity index (χ0) is 13.1. The third-order valence-corrected chi connectivity index (χ3v) is 3.31. The zero-order valence-electron chi connectivity index (χ0n) is 10.8. The van der Waals surface area contributed by atoms with Gasteiger partial charge in [-0.05, 0) is 19.1 Å². The molecule has 2 rings (SSSR count). The minimum Gasteiger partial charge on any atom is -0.352 e. The summed E-state index contributed by atoms with van der Waals surface area (Å²) in [6.45, 7) is 4.50. The molecule has 106 valence electrons. The van der Waals surface area contributed by atoms with E-state index in [9.17, 15) is 4.79 Å². The molecule has 0 aromatic carbocycles. The van der Waals surface area contributed by atoms with Crippen molar-refractivity contribution in [3.63, 3.8) is 0 Å². The first-order valence-corrected chi connectivity index (χ1v) is 6.37. The van der Waals surface area contributed by atoms with E-state index in [1.165, 1.54) is 0 Å². The molecular formula is C12H18Cl2N4O. The molecule has 2 N–H and O–H groups in total. The standard InChI is InChI=1S/C12H17ClN4O.ClH/c1-9(14)12(18)17-7-5-16(6-8-17)11-10(13)3-2-4-15-11;/h2-4,9H,5-8,14H2,1H3;1H/t9-;/m1./s1. The molecule has 5 nitrogen and oxygen atoms in total. The van der Waals surface area contributed by atoms with Gasteiger partial charge in [0.25, 0.3) is 0 Å². The Morgan fingerprint density at radius 3 is 2.58 bits per heavy atom. The van der Waals surface area contributed by atoms with Gasteiger partial charge in [-0.1, -0.05) is 11.6 Å². The summed E-state index contributed by atoms with van der Waals surface area (Å²) in [4.78, 5) is 19.9. The van der Waals surface area contributed by atoms with Gasteiger partial charge in [0.1, 0.15) is 5.82 Å². The Kier molecular flexibility index (Phi) is 5.85. The van der Waals surface area contributed by atoms with Crippen LogP contribution in [0.5, 0.6) is 0 Å². The van der Waals surface area contributed by atoms with E-state index in [0.717, 1.165) is 18.9 Å². The van der Waals surface area contributed by atoms with E-state index >= 15 is 0 Å². The Labute approximate surface area is 124 Å². The minimum atomic E-state index is -0.435. The second-order valence-corrected chi connectivity index (χ2v) is 4.82. The van der Waals surface area contributed by atoms with Crippen molar-refractivity contribution in [2.75, 3.05) is 31.1 Å². The van der Waals surface area contributed by atoms with Crippen molar-refractivity contribution in [2.24, 2.45) is 5.73 Å². The molecule has 7 heteroatoms. The molecule has 1 amide bonds. The lowest BCUT2D eigenvalue weighted by Gasteiger charge is -2.36. The third-order valence-electron chi connectivity index (χ3n) is 3.02. The van der Waals surface area contributed by atoms with Crippen LogP contribution in [0.15, 0.2) is 18.3 Å². The number of rotatable bonds is 2. The van der Waals surface area contributed by atoms with Crippen molar-refractivity contribution in [3.8, 4) is 0 Å². The Morgan fingerprint density at radius 1 is 1.42 bits per heavy atom. The SMILES string of the molecule is C[C@@H](N)C(=O)N1CCN(c2ncccc2Cl)CC1.Cl. The van der Waals surface area contributed by atoms with Crippen molar-refractivity contribution in [1.29, 1.82) is 0 Å². The number of halogens is 2. The lowest BCUT2D eigenvalue weighted by Crippen LogP contribution is -2.52. The lowest BCUT2D eigenvalue weighted by molar-refractivity contribution is -0.132. The van der Waals surface area contributed by atoms with Crippen LogP contribution < -0.4 is 10.6 Å². The summed E-state index contributed by atoms with van der Waals surface area (Å²) in [6.07, 6.45) is 1.72. The number of aromatic nitrogens is 1. The largest absolute Gasteiger partial charge is 0.352 e. The molecule has 1 aromatic heterocycles. The molecule has 0 spiro atoms. The van der Waals surface area contributed by atoms with Crippen LogP contribution >= 0.6 is 24.0 Å². The second-order valence-electron chi connectivity index (χ2n) is 4.41. The number of carbonyl (C=O) groups is 1. The van der Waals surface area contributed by atoms with Crippen molar-refractivity contribution in [1.82, 2.24) is 9.88 Å². The number of hydrogen-bond acceptors (Lipinski definition) is 4. The van der Waals surface area contributed by atoms with Crippen LogP contribution in [-0.2, 0) is 4.79 Å². The monoisotopic (exact) mass is 304 g/mol. The molecule has 2 heterocycles. The van der Waals surface area contributed by atoms with E-state index in [0.29, 0.717) is 18.1 Å². The molecule has 19 heavy (non-hydrogen) atoms. The summed E-state index contributed by atoms with van der Waals surface area (Å²) >= 11 is 6.10. The van der Waals surface area contributed by atoms with Crippen LogP contribution in [0, 0.1) is 0 Å². The fourth-order valence-electron chi connectivity index (χ4n) is 2.04. The molecule has 1 saturated heterocycles. The number of anilines is 1. The maximum Gasteiger partial charge on any atom is 0.239 e. The van der Waals surface area contributed by atoms with Crippen LogP contribution in [0.4, 0.5) is 5.82 Å². The molecule has 1 aliphatic rings. The molecule has 1 fully saturated rings. The first-order valence-electron chi connectivity index (χ1n) is 5.99. The summed E-state index contributed by atoms with van der Waals surface area (Å²) in [5.41, 5.74) is 5.60. The van der Waals surface area contributed by atoms with Gasteiger partial charge in [0.05, 0.1) is 11.1 Å². The van der Waals surface area contributed by atoms with E-state index < -0.39 is 6.04 Å². The van der Waals surface area contributed by atoms with Gasteiger partial charge in [-0.3, -0.25) is 4.79 Å². The van der Waals surface area contributed by atoms with E-state index in [-0.39, 0.29) is 18.3 Å². The number of nitrogens with two attached hydrogens (primary N) is 1. The Balaban J connectivity index is 0.00000180. The van der Waals surface area contributed by atoms with Gasteiger partial charge in [-0.2, -0.15) is 0 Å². The fourth-order valence-corrected chi connectivity index (χ4v) is 2.28. The predicted octanol–water partition coefficient (Wildman–Crippen LogP) is 1.15. The molecule has 1 aromatic rings. The molecule has 1 aliphatic heterocycles. The fraction of sp³-hybridized carbons (Fsp3) is 0.500. The number of nitrogens with zero attached hydrogens (tertiary/aromatic N) is 3. The quantitative estimate of drug-likeness (QED) is 0.890. The Hall–Kier alpha value is -1.04. The van der Waals surface area contributed by atoms with E-state index in [1.54, 1.807) is 18.0 Å². The first-order chi connectivity index (χ1) is 8.59. The highest BCUT2D eigenvalue weighted by atomic mass is 35.5. The number of pyridine rings is 1. The number of hydrogen-bond donors (Lipinski definition) is 1. The van der Waals surface area contributed by atoms with Crippen LogP contribution in [0.3, 0.4) is 0 Å². The van der Waals surface area contributed by atoms with Crippen molar-refractivity contribution in [3.05, 3.63) is 23.4 Å². The van der Waals surface area contributed by atoms with Gasteiger partial charge in [0, 0.05) is 32.4 Å². The number of amides is 1. The first kappa shape index (κ1) is 16.0. The average molecular weight is 305 g/mol. The highest BCUT2D eigenvalue weighted by molar-refractivity contribution is 6.32. The van der Waals surface area contributed by atoms with E-state index in [1.807, 2.05) is 12.1 Å². The Morgan fingerprint density at radius 2 is 2.05 bits per heavy atom. The molecule has 0 unspecified atom stereocenters. The van der Waals surface area contributed by atoms with Gasteiger partial charge < -0.3 is 15.5 Å². The summed E-state index contributed by atoms with van der Waals surface area (Å²) in [7, 11) is 0. The summed E-state index contributed by atoms with van der Waals surface area (Å²) in [6, 6.07) is 3.19. The molecule has 0 saturated carbocycles.